The molecule has 2 aromatic rings. The topological polar surface area (TPSA) is 79.6 Å². The molecular weight excluding hydrogens is 481 g/mol. The van der Waals surface area contributed by atoms with E-state index in [9.17, 15) is 0 Å². The number of aromatic nitrogens is 3. The van der Waals surface area contributed by atoms with Crippen LogP contribution in [0.3, 0.4) is 0 Å². The van der Waals surface area contributed by atoms with E-state index in [0.717, 1.165) is 51.2 Å². The van der Waals surface area contributed by atoms with Gasteiger partial charge >= 0.3 is 0 Å². The molecule has 160 valence electrons. The highest BCUT2D eigenvalue weighted by molar-refractivity contribution is 14.0. The minimum atomic E-state index is 0. The van der Waals surface area contributed by atoms with Crippen LogP contribution >= 0.6 is 24.0 Å². The van der Waals surface area contributed by atoms with Crippen LogP contribution in [0.5, 0.6) is 0 Å². The Morgan fingerprint density at radius 1 is 1.28 bits per heavy atom. The standard InChI is InChI=1S/C20H31N7O.HI/c1-4-21-20(23-14-19-24-15-25-26(19)3)22-13-18(27-8-10-28-11-9-27)17-7-5-6-16(2)12-17;/h5-7,12,15,18H,4,8-11,13-14H2,1-3H3,(H2,21,22,23);1H. The van der Waals surface area contributed by atoms with Crippen molar-refractivity contribution in [3.8, 4) is 0 Å². The Bertz CT molecular complexity index is 774. The molecule has 9 heteroatoms. The van der Waals surface area contributed by atoms with Crippen molar-refractivity contribution in [1.29, 1.82) is 0 Å². The van der Waals surface area contributed by atoms with Gasteiger partial charge in [0.2, 0.25) is 0 Å². The second kappa shape index (κ2) is 12.1. The molecule has 2 N–H and O–H groups in total. The predicted octanol–water partition coefficient (Wildman–Crippen LogP) is 1.87. The Hall–Kier alpha value is -1.72. The van der Waals surface area contributed by atoms with Gasteiger partial charge in [0.25, 0.3) is 0 Å². The highest BCUT2D eigenvalue weighted by Crippen LogP contribution is 2.22. The van der Waals surface area contributed by atoms with Crippen LogP contribution in [0.2, 0.25) is 0 Å². The van der Waals surface area contributed by atoms with E-state index in [1.54, 1.807) is 11.0 Å². The molecule has 0 radical (unpaired) electrons. The first kappa shape index (κ1) is 23.6. The average molecular weight is 513 g/mol. The Morgan fingerprint density at radius 3 is 2.72 bits per heavy atom. The zero-order valence-corrected chi connectivity index (χ0v) is 19.8. The van der Waals surface area contributed by atoms with Crippen molar-refractivity contribution >= 4 is 29.9 Å². The number of halogens is 1. The van der Waals surface area contributed by atoms with Crippen LogP contribution < -0.4 is 10.6 Å². The van der Waals surface area contributed by atoms with Gasteiger partial charge < -0.3 is 15.4 Å². The Labute approximate surface area is 190 Å². The van der Waals surface area contributed by atoms with Gasteiger partial charge in [-0.05, 0) is 19.4 Å². The van der Waals surface area contributed by atoms with Gasteiger partial charge in [0, 0.05) is 33.2 Å². The number of nitrogens with one attached hydrogen (secondary N) is 2. The summed E-state index contributed by atoms with van der Waals surface area (Å²) in [6.07, 6.45) is 1.55. The molecule has 0 aliphatic carbocycles. The van der Waals surface area contributed by atoms with E-state index in [-0.39, 0.29) is 30.0 Å². The summed E-state index contributed by atoms with van der Waals surface area (Å²) in [4.78, 5) is 11.4. The van der Waals surface area contributed by atoms with E-state index in [0.29, 0.717) is 6.54 Å². The highest BCUT2D eigenvalue weighted by Gasteiger charge is 2.23. The van der Waals surface area contributed by atoms with Crippen LogP contribution in [0.4, 0.5) is 0 Å². The summed E-state index contributed by atoms with van der Waals surface area (Å²) in [7, 11) is 1.88. The number of hydrogen-bond acceptors (Lipinski definition) is 5. The van der Waals surface area contributed by atoms with E-state index >= 15 is 0 Å². The second-order valence-electron chi connectivity index (χ2n) is 6.95. The Morgan fingerprint density at radius 2 is 2.07 bits per heavy atom. The lowest BCUT2D eigenvalue weighted by molar-refractivity contribution is 0.0170. The summed E-state index contributed by atoms with van der Waals surface area (Å²) < 4.78 is 7.30. The van der Waals surface area contributed by atoms with Crippen LogP contribution in [-0.2, 0) is 18.3 Å². The lowest BCUT2D eigenvalue weighted by atomic mass is 10.0. The number of aliphatic imine (C=N–C) groups is 1. The van der Waals surface area contributed by atoms with Gasteiger partial charge in [-0.3, -0.25) is 9.58 Å². The van der Waals surface area contributed by atoms with Crippen molar-refractivity contribution in [2.24, 2.45) is 12.0 Å². The fourth-order valence-electron chi connectivity index (χ4n) is 3.37. The first-order chi connectivity index (χ1) is 13.7. The van der Waals surface area contributed by atoms with Gasteiger partial charge in [0.1, 0.15) is 18.7 Å². The van der Waals surface area contributed by atoms with Crippen molar-refractivity contribution in [1.82, 2.24) is 30.3 Å². The van der Waals surface area contributed by atoms with Crippen LogP contribution in [0.15, 0.2) is 35.6 Å². The monoisotopic (exact) mass is 513 g/mol. The van der Waals surface area contributed by atoms with Gasteiger partial charge in [-0.1, -0.05) is 29.8 Å². The van der Waals surface area contributed by atoms with Crippen LogP contribution in [0.25, 0.3) is 0 Å². The number of ether oxygens (including phenoxy) is 1. The summed E-state index contributed by atoms with van der Waals surface area (Å²) in [5, 5.41) is 10.9. The van der Waals surface area contributed by atoms with E-state index in [1.165, 1.54) is 11.1 Å². The molecule has 0 bridgehead atoms. The molecule has 3 rings (SSSR count). The van der Waals surface area contributed by atoms with Crippen LogP contribution in [-0.4, -0.2) is 65.0 Å². The van der Waals surface area contributed by atoms with Gasteiger partial charge in [-0.2, -0.15) is 5.10 Å². The van der Waals surface area contributed by atoms with Crippen molar-refractivity contribution < 1.29 is 4.74 Å². The molecule has 1 saturated heterocycles. The number of morpholine rings is 1. The molecule has 0 amide bonds. The SMILES string of the molecule is CCNC(=NCc1ncnn1C)NCC(c1cccc(C)c1)N1CCOCC1.I. The largest absolute Gasteiger partial charge is 0.379 e. The second-order valence-corrected chi connectivity index (χ2v) is 6.95. The fraction of sp³-hybridized carbons (Fsp3) is 0.550. The molecule has 0 spiro atoms. The summed E-state index contributed by atoms with van der Waals surface area (Å²) in [6.45, 7) is 9.70. The number of nitrogens with zero attached hydrogens (tertiary/aromatic N) is 5. The molecule has 29 heavy (non-hydrogen) atoms. The summed E-state index contributed by atoms with van der Waals surface area (Å²) in [5.41, 5.74) is 2.59. The molecule has 1 aliphatic rings. The van der Waals surface area contributed by atoms with E-state index < -0.39 is 0 Å². The first-order valence-corrected chi connectivity index (χ1v) is 9.90. The molecular formula is C20H32IN7O. The summed E-state index contributed by atoms with van der Waals surface area (Å²) in [5.74, 6) is 1.62. The Kier molecular flexibility index (Phi) is 9.82. The smallest absolute Gasteiger partial charge is 0.191 e. The number of aryl methyl sites for hydroxylation is 2. The first-order valence-electron chi connectivity index (χ1n) is 9.90. The molecule has 1 aromatic carbocycles. The van der Waals surface area contributed by atoms with E-state index in [4.69, 9.17) is 4.74 Å². The lowest BCUT2D eigenvalue weighted by Crippen LogP contribution is -2.46. The molecule has 1 aliphatic heterocycles. The number of benzene rings is 1. The third-order valence-electron chi connectivity index (χ3n) is 4.90. The quantitative estimate of drug-likeness (QED) is 0.335. The van der Waals surface area contributed by atoms with E-state index in [1.807, 2.05) is 7.05 Å². The molecule has 1 aromatic heterocycles. The fourth-order valence-corrected chi connectivity index (χ4v) is 3.37. The maximum atomic E-state index is 5.55. The number of hydrogen-bond donors (Lipinski definition) is 2. The van der Waals surface area contributed by atoms with Gasteiger partial charge in [0.15, 0.2) is 5.96 Å². The van der Waals surface area contributed by atoms with Crippen LogP contribution in [0, 0.1) is 6.92 Å². The summed E-state index contributed by atoms with van der Waals surface area (Å²) in [6, 6.07) is 9.01. The zero-order chi connectivity index (χ0) is 19.8. The minimum Gasteiger partial charge on any atom is -0.379 e. The van der Waals surface area contributed by atoms with Crippen molar-refractivity contribution in [2.75, 3.05) is 39.4 Å². The molecule has 1 atom stereocenters. The number of guanidine groups is 1. The normalized spacial score (nSPS) is 16.2. The third kappa shape index (κ3) is 6.93. The maximum Gasteiger partial charge on any atom is 0.191 e. The minimum absolute atomic E-state index is 0. The Balaban J connectivity index is 0.00000300. The van der Waals surface area contributed by atoms with Crippen LogP contribution in [0.1, 0.15) is 29.9 Å². The molecule has 1 unspecified atom stereocenters. The summed E-state index contributed by atoms with van der Waals surface area (Å²) >= 11 is 0. The molecule has 8 nitrogen and oxygen atoms in total. The lowest BCUT2D eigenvalue weighted by Gasteiger charge is -2.35. The zero-order valence-electron chi connectivity index (χ0n) is 17.5. The molecule has 0 saturated carbocycles. The van der Waals surface area contributed by atoms with Crippen molar-refractivity contribution in [2.45, 2.75) is 26.4 Å². The van der Waals surface area contributed by atoms with Gasteiger partial charge in [-0.25, -0.2) is 9.98 Å². The maximum absolute atomic E-state index is 5.55. The number of rotatable bonds is 7. The third-order valence-corrected chi connectivity index (χ3v) is 4.90. The van der Waals surface area contributed by atoms with E-state index in [2.05, 4.69) is 68.7 Å². The van der Waals surface area contributed by atoms with Gasteiger partial charge in [0.05, 0.1) is 19.3 Å². The van der Waals surface area contributed by atoms with Crippen molar-refractivity contribution in [3.05, 3.63) is 47.5 Å². The highest BCUT2D eigenvalue weighted by atomic mass is 127. The average Bonchev–Trinajstić information content (AvgIpc) is 3.12. The van der Waals surface area contributed by atoms with Gasteiger partial charge in [-0.15, -0.1) is 24.0 Å². The molecule has 1 fully saturated rings. The predicted molar refractivity (Wildman–Crippen MR) is 126 cm³/mol. The van der Waals surface area contributed by atoms with Crippen molar-refractivity contribution in [3.63, 3.8) is 0 Å². The molecule has 2 heterocycles.